The van der Waals surface area contributed by atoms with Crippen molar-refractivity contribution in [3.63, 3.8) is 0 Å². The molecule has 1 heterocycles. The van der Waals surface area contributed by atoms with E-state index < -0.39 is 5.60 Å². The Morgan fingerprint density at radius 2 is 2.24 bits per heavy atom. The maximum Gasteiger partial charge on any atom is 0.255 e. The van der Waals surface area contributed by atoms with E-state index in [4.69, 9.17) is 5.11 Å². The highest BCUT2D eigenvalue weighted by molar-refractivity contribution is 5.97. The molecule has 0 aromatic heterocycles. The van der Waals surface area contributed by atoms with E-state index in [0.717, 1.165) is 12.0 Å². The number of nitrogens with zero attached hydrogens (tertiary/aromatic N) is 1. The van der Waals surface area contributed by atoms with Gasteiger partial charge >= 0.3 is 0 Å². The number of piperidine rings is 1. The molecule has 112 valence electrons. The Morgan fingerprint density at radius 3 is 2.90 bits per heavy atom. The maximum atomic E-state index is 12.7. The molecule has 21 heavy (non-hydrogen) atoms. The number of amides is 1. The number of hydrogen-bond acceptors (Lipinski definition) is 3. The molecule has 2 rings (SSSR count). The number of rotatable bonds is 1. The lowest BCUT2D eigenvalue weighted by Crippen LogP contribution is -2.48. The van der Waals surface area contributed by atoms with Crippen LogP contribution in [0.4, 0.5) is 0 Å². The van der Waals surface area contributed by atoms with Crippen molar-refractivity contribution in [2.45, 2.75) is 32.3 Å². The van der Waals surface area contributed by atoms with Gasteiger partial charge in [0.2, 0.25) is 0 Å². The van der Waals surface area contributed by atoms with Crippen LogP contribution in [0.1, 0.15) is 41.3 Å². The van der Waals surface area contributed by atoms with E-state index in [-0.39, 0.29) is 12.5 Å². The van der Waals surface area contributed by atoms with Gasteiger partial charge in [0.15, 0.2) is 0 Å². The smallest absolute Gasteiger partial charge is 0.255 e. The second-order valence-electron chi connectivity index (χ2n) is 5.84. The van der Waals surface area contributed by atoms with E-state index in [1.807, 2.05) is 19.1 Å². The minimum absolute atomic E-state index is 0.110. The Hall–Kier alpha value is -1.83. The van der Waals surface area contributed by atoms with Crippen LogP contribution < -0.4 is 0 Å². The van der Waals surface area contributed by atoms with Gasteiger partial charge in [-0.3, -0.25) is 4.79 Å². The highest BCUT2D eigenvalue weighted by atomic mass is 16.3. The highest BCUT2D eigenvalue weighted by Crippen LogP contribution is 2.23. The van der Waals surface area contributed by atoms with Crippen LogP contribution in [0.15, 0.2) is 18.2 Å². The van der Waals surface area contributed by atoms with Crippen molar-refractivity contribution in [1.29, 1.82) is 0 Å². The summed E-state index contributed by atoms with van der Waals surface area (Å²) in [5, 5.41) is 19.0. The van der Waals surface area contributed by atoms with Gasteiger partial charge in [0.25, 0.3) is 5.91 Å². The molecule has 1 unspecified atom stereocenters. The van der Waals surface area contributed by atoms with E-state index in [2.05, 4.69) is 11.8 Å². The third-order valence-corrected chi connectivity index (χ3v) is 3.67. The average Bonchev–Trinajstić information content (AvgIpc) is 2.44. The average molecular weight is 287 g/mol. The van der Waals surface area contributed by atoms with Gasteiger partial charge in [-0.2, -0.15) is 0 Å². The number of benzene rings is 1. The van der Waals surface area contributed by atoms with Crippen molar-refractivity contribution in [1.82, 2.24) is 4.90 Å². The Balaban J connectivity index is 2.31. The van der Waals surface area contributed by atoms with Crippen molar-refractivity contribution in [3.05, 3.63) is 34.9 Å². The van der Waals surface area contributed by atoms with Crippen LogP contribution in [0.25, 0.3) is 0 Å². The second-order valence-corrected chi connectivity index (χ2v) is 5.84. The minimum Gasteiger partial charge on any atom is -0.388 e. The third kappa shape index (κ3) is 3.84. The molecule has 1 aliphatic heterocycles. The summed E-state index contributed by atoms with van der Waals surface area (Å²) in [6, 6.07) is 5.50. The predicted molar refractivity (Wildman–Crippen MR) is 80.9 cm³/mol. The molecule has 4 nitrogen and oxygen atoms in total. The quantitative estimate of drug-likeness (QED) is 0.766. The van der Waals surface area contributed by atoms with Crippen molar-refractivity contribution >= 4 is 5.91 Å². The molecule has 0 saturated carbocycles. The van der Waals surface area contributed by atoms with Crippen LogP contribution in [-0.2, 0) is 0 Å². The van der Waals surface area contributed by atoms with Gasteiger partial charge in [-0.05, 0) is 38.8 Å². The molecule has 1 aromatic rings. The van der Waals surface area contributed by atoms with E-state index >= 15 is 0 Å². The first-order valence-electron chi connectivity index (χ1n) is 7.15. The minimum atomic E-state index is -0.825. The van der Waals surface area contributed by atoms with Gasteiger partial charge in [-0.25, -0.2) is 0 Å². The summed E-state index contributed by atoms with van der Waals surface area (Å²) in [6.07, 6.45) is 1.50. The monoisotopic (exact) mass is 287 g/mol. The molecule has 0 spiro atoms. The largest absolute Gasteiger partial charge is 0.388 e. The van der Waals surface area contributed by atoms with E-state index in [0.29, 0.717) is 30.6 Å². The lowest BCUT2D eigenvalue weighted by Gasteiger charge is -2.37. The van der Waals surface area contributed by atoms with Crippen LogP contribution in [-0.4, -0.2) is 46.3 Å². The zero-order valence-electron chi connectivity index (χ0n) is 12.5. The number of β-amino-alcohol motifs (C(OH)–C–C–N with tert-alkyl or cyclic N) is 1. The van der Waals surface area contributed by atoms with Gasteiger partial charge in [0.05, 0.1) is 11.2 Å². The van der Waals surface area contributed by atoms with Crippen LogP contribution in [0.2, 0.25) is 0 Å². The molecule has 1 amide bonds. The summed E-state index contributed by atoms with van der Waals surface area (Å²) in [6.45, 7) is 4.43. The van der Waals surface area contributed by atoms with Gasteiger partial charge in [-0.15, -0.1) is 0 Å². The van der Waals surface area contributed by atoms with E-state index in [1.165, 1.54) is 0 Å². The summed E-state index contributed by atoms with van der Waals surface area (Å²) in [7, 11) is 0. The molecule has 1 atom stereocenters. The third-order valence-electron chi connectivity index (χ3n) is 3.67. The summed E-state index contributed by atoms with van der Waals surface area (Å²) < 4.78 is 0. The number of aliphatic hydroxyl groups is 2. The molecule has 0 aliphatic carbocycles. The molecular weight excluding hydrogens is 266 g/mol. The molecule has 1 fully saturated rings. The molecule has 0 radical (unpaired) electrons. The molecule has 0 bridgehead atoms. The van der Waals surface area contributed by atoms with Crippen LogP contribution in [0.3, 0.4) is 0 Å². The van der Waals surface area contributed by atoms with Crippen molar-refractivity contribution < 1.29 is 15.0 Å². The van der Waals surface area contributed by atoms with E-state index in [1.54, 1.807) is 17.9 Å². The molecule has 1 saturated heterocycles. The summed E-state index contributed by atoms with van der Waals surface area (Å²) in [5.74, 6) is 5.29. The number of carbonyl (C=O) groups excluding carboxylic acids is 1. The second kappa shape index (κ2) is 6.30. The van der Waals surface area contributed by atoms with Crippen LogP contribution in [0.5, 0.6) is 0 Å². The zero-order chi connectivity index (χ0) is 15.5. The molecule has 4 heteroatoms. The molecule has 1 aromatic carbocycles. The van der Waals surface area contributed by atoms with Gasteiger partial charge in [-0.1, -0.05) is 23.5 Å². The topological polar surface area (TPSA) is 60.8 Å². The Morgan fingerprint density at radius 1 is 1.48 bits per heavy atom. The Kier molecular flexibility index (Phi) is 4.66. The number of hydrogen-bond donors (Lipinski definition) is 2. The standard InChI is InChI=1S/C17H21NO3/c1-13-6-7-14(5-3-10-19)15(11-13)16(20)18-9-4-8-17(2,21)12-18/h6-7,11,19,21H,4,8-10,12H2,1-2H3. The molecule has 1 aliphatic rings. The lowest BCUT2D eigenvalue weighted by atomic mass is 9.94. The fourth-order valence-corrected chi connectivity index (χ4v) is 2.64. The SMILES string of the molecule is Cc1ccc(C#CCO)c(C(=O)N2CCCC(C)(O)C2)c1. The van der Waals surface area contributed by atoms with Gasteiger partial charge < -0.3 is 15.1 Å². The first-order chi connectivity index (χ1) is 9.93. The zero-order valence-corrected chi connectivity index (χ0v) is 12.5. The molecule has 2 N–H and O–H groups in total. The first-order valence-corrected chi connectivity index (χ1v) is 7.15. The number of carbonyl (C=O) groups is 1. The number of aryl methyl sites for hydroxylation is 1. The fourth-order valence-electron chi connectivity index (χ4n) is 2.64. The van der Waals surface area contributed by atoms with Crippen molar-refractivity contribution in [3.8, 4) is 11.8 Å². The lowest BCUT2D eigenvalue weighted by molar-refractivity contribution is -0.0107. The first kappa shape index (κ1) is 15.6. The maximum absolute atomic E-state index is 12.7. The number of likely N-dealkylation sites (tertiary alicyclic amines) is 1. The normalized spacial score (nSPS) is 21.6. The fraction of sp³-hybridized carbons (Fsp3) is 0.471. The highest BCUT2D eigenvalue weighted by Gasteiger charge is 2.31. The predicted octanol–water partition coefficient (Wildman–Crippen LogP) is 1.33. The van der Waals surface area contributed by atoms with E-state index in [9.17, 15) is 9.90 Å². The number of aliphatic hydroxyl groups excluding tert-OH is 1. The van der Waals surface area contributed by atoms with Crippen LogP contribution >= 0.6 is 0 Å². The van der Waals surface area contributed by atoms with Gasteiger partial charge in [0, 0.05) is 18.7 Å². The van der Waals surface area contributed by atoms with Crippen molar-refractivity contribution in [2.75, 3.05) is 19.7 Å². The molecular formula is C17H21NO3. The summed E-state index contributed by atoms with van der Waals surface area (Å²) >= 11 is 0. The van der Waals surface area contributed by atoms with Crippen LogP contribution in [0, 0.1) is 18.8 Å². The Labute approximate surface area is 125 Å². The summed E-state index contributed by atoms with van der Waals surface area (Å²) in [4.78, 5) is 14.4. The Bertz CT molecular complexity index is 596. The summed E-state index contributed by atoms with van der Waals surface area (Å²) in [5.41, 5.74) is 1.31. The van der Waals surface area contributed by atoms with Gasteiger partial charge in [0.1, 0.15) is 6.61 Å². The van der Waals surface area contributed by atoms with Crippen molar-refractivity contribution in [2.24, 2.45) is 0 Å².